The van der Waals surface area contributed by atoms with Gasteiger partial charge in [0.1, 0.15) is 38.9 Å². The zero-order chi connectivity index (χ0) is 78.9. The zero-order valence-electron chi connectivity index (χ0n) is 64.1. The molecule has 3 unspecified atom stereocenters. The van der Waals surface area contributed by atoms with Gasteiger partial charge < -0.3 is 57.1 Å². The molecule has 7 N–H and O–H groups in total. The van der Waals surface area contributed by atoms with Crippen molar-refractivity contribution < 1.29 is 38.2 Å². The van der Waals surface area contributed by atoms with Gasteiger partial charge in [-0.3, -0.25) is 14.4 Å². The molecular formula is C86H89Cl6LiN12O7. The SMILES string of the molecule is CCCCC1(C#N)c2cc(Cl)ccc2Nc2c1cc[nH]c2=O.CCCCC1(C#N)c2cc(Cl)ccc2Nc2c1ccnc2OC.CCCCC1(CO)c2cc(Cl)ccc2Nc2c1cc[nH]c2=O.CCCCc1c2cc(Cl)ccc2nc2c(OC)nccc12.COc1nccc2c(=O)c3cc(Cl)ccc3[nH]c12.Cl.[CH2-]CCC.[Li+]. The van der Waals surface area contributed by atoms with E-state index in [9.17, 15) is 30.0 Å². The first-order valence-corrected chi connectivity index (χ1v) is 38.6. The Kier molecular flexibility index (Phi) is 31.8. The van der Waals surface area contributed by atoms with E-state index in [2.05, 4.69) is 99.5 Å². The number of anilines is 6. The van der Waals surface area contributed by atoms with Crippen molar-refractivity contribution in [2.75, 3.05) is 43.9 Å². The summed E-state index contributed by atoms with van der Waals surface area (Å²) >= 11 is 30.6. The van der Waals surface area contributed by atoms with Crippen molar-refractivity contribution in [3.63, 3.8) is 0 Å². The number of halogens is 6. The van der Waals surface area contributed by atoms with E-state index in [4.69, 9.17) is 77.2 Å². The van der Waals surface area contributed by atoms with Crippen LogP contribution in [0.4, 0.5) is 34.1 Å². The summed E-state index contributed by atoms with van der Waals surface area (Å²) < 4.78 is 15.9. The van der Waals surface area contributed by atoms with Gasteiger partial charge in [-0.25, -0.2) is 19.9 Å². The van der Waals surface area contributed by atoms with Crippen LogP contribution in [0.3, 0.4) is 0 Å². The molecule has 7 aromatic heterocycles. The number of nitrogens with one attached hydrogen (secondary N) is 6. The summed E-state index contributed by atoms with van der Waals surface area (Å²) in [6, 6.07) is 41.8. The Bertz CT molecular complexity index is 5600. The summed E-state index contributed by atoms with van der Waals surface area (Å²) in [6.45, 7) is 14.2. The van der Waals surface area contributed by atoms with E-state index in [1.807, 2.05) is 84.9 Å². The molecule has 10 heterocycles. The number of nitrogens with zero attached hydrogens (tertiary/aromatic N) is 6. The fourth-order valence-electron chi connectivity index (χ4n) is 14.3. The van der Waals surface area contributed by atoms with E-state index < -0.39 is 16.2 Å². The average molecular weight is 1620 g/mol. The number of ether oxygens (including phenoxy) is 3. The van der Waals surface area contributed by atoms with Gasteiger partial charge in [0.25, 0.3) is 11.1 Å². The Labute approximate surface area is 695 Å². The number of hydrogen-bond donors (Lipinski definition) is 7. The van der Waals surface area contributed by atoms with Crippen molar-refractivity contribution >= 4 is 148 Å². The third-order valence-electron chi connectivity index (χ3n) is 19.9. The molecule has 12 aromatic rings. The maximum Gasteiger partial charge on any atom is 1.00 e. The first-order chi connectivity index (χ1) is 53.3. The number of pyridine rings is 7. The second-order valence-corrected chi connectivity index (χ2v) is 29.0. The predicted molar refractivity (Wildman–Crippen MR) is 455 cm³/mol. The first-order valence-electron chi connectivity index (χ1n) is 36.7. The predicted octanol–water partition coefficient (Wildman–Crippen LogP) is 19.0. The van der Waals surface area contributed by atoms with Gasteiger partial charge in [0, 0.05) is 123 Å². The molecule has 26 heteroatoms. The maximum atomic E-state index is 12.3. The number of aryl methyl sites for hydroxylation is 1. The number of fused-ring (bicyclic) bond motifs is 10. The largest absolute Gasteiger partial charge is 1.00 e. The molecule has 0 aliphatic carbocycles. The molecule has 0 saturated carbocycles. The van der Waals surface area contributed by atoms with Crippen molar-refractivity contribution in [1.29, 1.82) is 10.5 Å². The van der Waals surface area contributed by atoms with E-state index in [1.54, 1.807) is 81.6 Å². The van der Waals surface area contributed by atoms with Crippen molar-refractivity contribution in [3.05, 3.63) is 254 Å². The van der Waals surface area contributed by atoms with Gasteiger partial charge in [0.2, 0.25) is 17.6 Å². The fraction of sp³-hybridized carbons (Fsp3) is 0.302. The van der Waals surface area contributed by atoms with Crippen LogP contribution >= 0.6 is 70.4 Å². The second-order valence-electron chi connectivity index (χ2n) is 26.8. The van der Waals surface area contributed by atoms with E-state index in [0.29, 0.717) is 77.3 Å². The van der Waals surface area contributed by atoms with E-state index in [1.165, 1.54) is 19.1 Å². The molecule has 0 amide bonds. The minimum atomic E-state index is -0.842. The van der Waals surface area contributed by atoms with E-state index >= 15 is 0 Å². The summed E-state index contributed by atoms with van der Waals surface area (Å²) in [4.78, 5) is 62.5. The molecule has 3 aliphatic rings. The van der Waals surface area contributed by atoms with Crippen LogP contribution < -0.4 is 65.6 Å². The van der Waals surface area contributed by atoms with E-state index in [-0.39, 0.29) is 54.4 Å². The van der Waals surface area contributed by atoms with Crippen LogP contribution in [-0.2, 0) is 22.7 Å². The van der Waals surface area contributed by atoms with Gasteiger partial charge in [-0.15, -0.1) is 12.4 Å². The van der Waals surface area contributed by atoms with Crippen molar-refractivity contribution in [3.8, 4) is 29.8 Å². The standard InChI is InChI=1S/C18H18ClN3O.C17H16ClN3O.C17H19ClN2O2.C17H17ClN2O.C13H9ClN2O2.C4H9.ClH.Li/c1-3-4-8-18(11-20)13-7-9-21-17(23-2)16(13)22-15-6-5-12(19)10-14(15)18;1-2-3-7-17(10-19)12-6-8-20-16(22)15(12)21-14-5-4-11(18)9-13(14)17;1-2-3-7-17(10-21)12-6-8-19-16(22)15(12)20-14-5-4-11(18)9-13(14)17;1-3-4-5-12-13-8-9-19-17(21-2)16(13)20-15-7-6-11(18)10-14(12)15;1-18-13-11-8(4-5-15-13)12(17)9-6-7(14)2-3-10(9)16-11;1-3-4-2;;/h5-7,9-10,22H,3-4,8H2,1-2H3;4-6,8-9,21H,2-3,7H2,1H3,(H,20,22);4-6,8-9,20-21H,2-3,7,10H2,1H3,(H,19,22);6-10H,3-5H2,1-2H3;2-6H,1H3,(H,16,17);1,3-4H2,2H3;1H;/q;;;;;-1;;+1. The van der Waals surface area contributed by atoms with Crippen molar-refractivity contribution in [2.24, 2.45) is 0 Å². The molecule has 0 radical (unpaired) electrons. The summed E-state index contributed by atoms with van der Waals surface area (Å²) in [5.41, 5.74) is 11.1. The minimum Gasteiger partial charge on any atom is -0.480 e. The normalized spacial score (nSPS) is 15.4. The third-order valence-corrected chi connectivity index (χ3v) is 21.1. The number of unbranched alkanes of at least 4 members (excludes halogenated alkanes) is 5. The molecule has 3 aliphatic heterocycles. The second kappa shape index (κ2) is 40.4. The maximum absolute atomic E-state index is 12.3. The van der Waals surface area contributed by atoms with Crippen LogP contribution in [0.5, 0.6) is 17.6 Å². The number of H-pyrrole nitrogens is 3. The number of aromatic amines is 3. The Balaban J connectivity index is 0.000000173. The number of benzene rings is 5. The van der Waals surface area contributed by atoms with Crippen LogP contribution in [0.2, 0.25) is 25.1 Å². The molecule has 112 heavy (non-hydrogen) atoms. The van der Waals surface area contributed by atoms with Crippen LogP contribution in [0, 0.1) is 29.6 Å². The Morgan fingerprint density at radius 3 is 1.47 bits per heavy atom. The summed E-state index contributed by atoms with van der Waals surface area (Å²) in [7, 11) is 4.73. The number of rotatable bonds is 17. The molecule has 0 fully saturated rings. The number of aliphatic hydroxyl groups is 1. The van der Waals surface area contributed by atoms with Gasteiger partial charge in [-0.05, 0) is 170 Å². The molecule has 0 saturated heterocycles. The van der Waals surface area contributed by atoms with Crippen molar-refractivity contribution in [2.45, 2.75) is 141 Å². The molecule has 3 atom stereocenters. The number of aromatic nitrogens is 7. The van der Waals surface area contributed by atoms with Crippen LogP contribution in [0.15, 0.2) is 167 Å². The smallest absolute Gasteiger partial charge is 0.480 e. The Morgan fingerprint density at radius 1 is 0.491 bits per heavy atom. The monoisotopic (exact) mass is 1620 g/mol. The summed E-state index contributed by atoms with van der Waals surface area (Å²) in [6.07, 6.45) is 21.8. The number of methoxy groups -OCH3 is 3. The summed E-state index contributed by atoms with van der Waals surface area (Å²) in [5, 5.41) is 46.5. The van der Waals surface area contributed by atoms with Gasteiger partial charge in [0.15, 0.2) is 5.43 Å². The summed E-state index contributed by atoms with van der Waals surface area (Å²) in [5.74, 6) is 1.47. The molecule has 578 valence electrons. The van der Waals surface area contributed by atoms with Crippen molar-refractivity contribution in [1.82, 2.24) is 34.9 Å². The molecule has 0 bridgehead atoms. The molecule has 19 nitrogen and oxygen atoms in total. The molecule has 15 rings (SSSR count). The number of nitriles is 2. The molecular weight excluding hydrogens is 1530 g/mol. The molecule has 5 aromatic carbocycles. The minimum absolute atomic E-state index is 0. The third kappa shape index (κ3) is 18.5. The number of aliphatic hydroxyl groups excluding tert-OH is 1. The Morgan fingerprint density at radius 2 is 0.938 bits per heavy atom. The van der Waals surface area contributed by atoms with Gasteiger partial charge in [-0.2, -0.15) is 16.9 Å². The number of hydrogen-bond acceptors (Lipinski definition) is 16. The van der Waals surface area contributed by atoms with Gasteiger partial charge in [0.05, 0.1) is 51.0 Å². The van der Waals surface area contributed by atoms with Crippen LogP contribution in [-0.4, -0.2) is 67.9 Å². The van der Waals surface area contributed by atoms with Gasteiger partial charge in [-0.1, -0.05) is 144 Å². The van der Waals surface area contributed by atoms with E-state index in [0.717, 1.165) is 160 Å². The zero-order valence-corrected chi connectivity index (χ0v) is 68.7. The van der Waals surface area contributed by atoms with Crippen LogP contribution in [0.25, 0.3) is 43.6 Å². The molecule has 0 spiro atoms. The average Bonchev–Trinajstić information content (AvgIpc) is 0.740. The quantitative estimate of drug-likeness (QED) is 0.0253. The fourth-order valence-corrected chi connectivity index (χ4v) is 15.2. The van der Waals surface area contributed by atoms with Gasteiger partial charge >= 0.3 is 18.9 Å². The Hall–Kier alpha value is -9.33. The topological polar surface area (TPSA) is 282 Å². The van der Waals surface area contributed by atoms with Crippen LogP contribution in [0.1, 0.15) is 157 Å². The first kappa shape index (κ1) is 88.2.